The van der Waals surface area contributed by atoms with E-state index in [1.54, 1.807) is 0 Å². The van der Waals surface area contributed by atoms with Gasteiger partial charge < -0.3 is 5.32 Å². The van der Waals surface area contributed by atoms with E-state index in [4.69, 9.17) is 5.26 Å². The number of nitrogens with zero attached hydrogens (tertiary/aromatic N) is 1. The number of halogens is 1. The van der Waals surface area contributed by atoms with Crippen LogP contribution >= 0.6 is 0 Å². The molecule has 0 spiro atoms. The molecule has 2 nitrogen and oxygen atoms in total. The van der Waals surface area contributed by atoms with Crippen LogP contribution in [0.2, 0.25) is 0 Å². The summed E-state index contributed by atoms with van der Waals surface area (Å²) in [5, 5.41) is 12.3. The summed E-state index contributed by atoms with van der Waals surface area (Å²) >= 11 is 0. The zero-order valence-electron chi connectivity index (χ0n) is 11.7. The highest BCUT2D eigenvalue weighted by Crippen LogP contribution is 2.19. The molecule has 0 aliphatic heterocycles. The van der Waals surface area contributed by atoms with Crippen LogP contribution in [0, 0.1) is 17.1 Å². The van der Waals surface area contributed by atoms with Crippen LogP contribution in [-0.4, -0.2) is 0 Å². The average molecular weight is 268 g/mol. The zero-order chi connectivity index (χ0) is 14.5. The van der Waals surface area contributed by atoms with E-state index in [9.17, 15) is 4.39 Å². The molecular formula is C17H17FN2. The van der Waals surface area contributed by atoms with Crippen LogP contribution in [0.25, 0.3) is 0 Å². The standard InChI is InChI=1S/C17H17FN2/c1-12(2)13-4-3-5-17(9-13)20-11-15-8-16(18)7-6-14(15)10-19/h3-9,12,20H,11H2,1-2H3. The molecule has 3 heteroatoms. The summed E-state index contributed by atoms with van der Waals surface area (Å²) in [7, 11) is 0. The number of nitriles is 1. The fourth-order valence-electron chi connectivity index (χ4n) is 2.02. The molecule has 0 fully saturated rings. The Bertz CT molecular complexity index is 642. The number of benzene rings is 2. The third kappa shape index (κ3) is 3.36. The Hall–Kier alpha value is -2.34. The number of hydrogen-bond donors (Lipinski definition) is 1. The van der Waals surface area contributed by atoms with Crippen LogP contribution in [0.4, 0.5) is 10.1 Å². The van der Waals surface area contributed by atoms with Gasteiger partial charge in [-0.1, -0.05) is 26.0 Å². The summed E-state index contributed by atoms with van der Waals surface area (Å²) < 4.78 is 13.2. The maximum Gasteiger partial charge on any atom is 0.123 e. The van der Waals surface area contributed by atoms with Crippen LogP contribution in [0.15, 0.2) is 42.5 Å². The first-order valence-corrected chi connectivity index (χ1v) is 6.62. The molecule has 2 aromatic carbocycles. The van der Waals surface area contributed by atoms with Gasteiger partial charge in [0.15, 0.2) is 0 Å². The minimum absolute atomic E-state index is 0.322. The van der Waals surface area contributed by atoms with Crippen LogP contribution in [0.1, 0.15) is 36.5 Å². The van der Waals surface area contributed by atoms with Gasteiger partial charge in [0.25, 0.3) is 0 Å². The molecule has 0 aliphatic rings. The van der Waals surface area contributed by atoms with Crippen LogP contribution in [-0.2, 0) is 6.54 Å². The Balaban J connectivity index is 2.15. The molecule has 0 unspecified atom stereocenters. The Morgan fingerprint density at radius 3 is 2.70 bits per heavy atom. The van der Waals surface area contributed by atoms with Gasteiger partial charge in [0.2, 0.25) is 0 Å². The lowest BCUT2D eigenvalue weighted by Gasteiger charge is -2.11. The van der Waals surface area contributed by atoms with E-state index in [2.05, 4.69) is 37.4 Å². The molecule has 0 heterocycles. The summed E-state index contributed by atoms with van der Waals surface area (Å²) in [4.78, 5) is 0. The molecule has 2 rings (SSSR count). The van der Waals surface area contributed by atoms with Gasteiger partial charge in [-0.05, 0) is 47.4 Å². The van der Waals surface area contributed by atoms with E-state index in [1.807, 2.05) is 12.1 Å². The number of nitrogens with one attached hydrogen (secondary N) is 1. The van der Waals surface area contributed by atoms with Crippen LogP contribution in [0.3, 0.4) is 0 Å². The van der Waals surface area contributed by atoms with Crippen molar-refractivity contribution in [2.45, 2.75) is 26.3 Å². The molecule has 0 saturated heterocycles. The Morgan fingerprint density at radius 1 is 1.20 bits per heavy atom. The molecule has 0 aliphatic carbocycles. The maximum absolute atomic E-state index is 13.2. The van der Waals surface area contributed by atoms with E-state index in [0.717, 1.165) is 5.69 Å². The number of hydrogen-bond acceptors (Lipinski definition) is 2. The van der Waals surface area contributed by atoms with Crippen molar-refractivity contribution >= 4 is 5.69 Å². The van der Waals surface area contributed by atoms with Crippen LogP contribution in [0.5, 0.6) is 0 Å². The molecule has 1 N–H and O–H groups in total. The smallest absolute Gasteiger partial charge is 0.123 e. The molecule has 102 valence electrons. The van der Waals surface area contributed by atoms with Crippen molar-refractivity contribution in [2.24, 2.45) is 0 Å². The molecule has 0 radical (unpaired) electrons. The predicted molar refractivity (Wildman–Crippen MR) is 79.0 cm³/mol. The van der Waals surface area contributed by atoms with Gasteiger partial charge in [0.05, 0.1) is 11.6 Å². The van der Waals surface area contributed by atoms with Gasteiger partial charge in [-0.2, -0.15) is 5.26 Å². The maximum atomic E-state index is 13.2. The first-order valence-electron chi connectivity index (χ1n) is 6.62. The van der Waals surface area contributed by atoms with E-state index in [1.165, 1.54) is 23.8 Å². The second-order valence-electron chi connectivity index (χ2n) is 5.05. The summed E-state index contributed by atoms with van der Waals surface area (Å²) in [5.41, 5.74) is 3.39. The number of anilines is 1. The van der Waals surface area contributed by atoms with Crippen molar-refractivity contribution in [2.75, 3.05) is 5.32 Å². The zero-order valence-corrected chi connectivity index (χ0v) is 11.7. The van der Waals surface area contributed by atoms with E-state index in [0.29, 0.717) is 23.6 Å². The van der Waals surface area contributed by atoms with Crippen molar-refractivity contribution in [3.8, 4) is 6.07 Å². The molecule has 0 amide bonds. The molecule has 0 saturated carbocycles. The minimum atomic E-state index is -0.322. The summed E-state index contributed by atoms with van der Waals surface area (Å²) in [6.45, 7) is 4.71. The normalized spacial score (nSPS) is 10.3. The Labute approximate surface area is 118 Å². The second-order valence-corrected chi connectivity index (χ2v) is 5.05. The molecule has 0 aromatic heterocycles. The third-order valence-corrected chi connectivity index (χ3v) is 3.22. The Morgan fingerprint density at radius 2 is 2.00 bits per heavy atom. The van der Waals surface area contributed by atoms with Crippen molar-refractivity contribution < 1.29 is 4.39 Å². The van der Waals surface area contributed by atoms with Crippen LogP contribution < -0.4 is 5.32 Å². The Kier molecular flexibility index (Phi) is 4.37. The molecule has 20 heavy (non-hydrogen) atoms. The van der Waals surface area contributed by atoms with E-state index >= 15 is 0 Å². The summed E-state index contributed by atoms with van der Waals surface area (Å²) in [6.07, 6.45) is 0. The van der Waals surface area contributed by atoms with E-state index < -0.39 is 0 Å². The SMILES string of the molecule is CC(C)c1cccc(NCc2cc(F)ccc2C#N)c1. The molecular weight excluding hydrogens is 251 g/mol. The average Bonchev–Trinajstić information content (AvgIpc) is 2.45. The summed E-state index contributed by atoms with van der Waals surface area (Å²) in [5.74, 6) is 0.136. The van der Waals surface area contributed by atoms with Gasteiger partial charge in [0, 0.05) is 12.2 Å². The first kappa shape index (κ1) is 14.1. The van der Waals surface area contributed by atoms with E-state index in [-0.39, 0.29) is 5.82 Å². The van der Waals surface area contributed by atoms with Gasteiger partial charge in [-0.15, -0.1) is 0 Å². The topological polar surface area (TPSA) is 35.8 Å². The molecule has 0 atom stereocenters. The van der Waals surface area contributed by atoms with Gasteiger partial charge in [-0.25, -0.2) is 4.39 Å². The highest BCUT2D eigenvalue weighted by atomic mass is 19.1. The van der Waals surface area contributed by atoms with Gasteiger partial charge in [-0.3, -0.25) is 0 Å². The molecule has 0 bridgehead atoms. The lowest BCUT2D eigenvalue weighted by Crippen LogP contribution is -2.03. The highest BCUT2D eigenvalue weighted by molar-refractivity contribution is 5.48. The lowest BCUT2D eigenvalue weighted by atomic mass is 10.0. The monoisotopic (exact) mass is 268 g/mol. The van der Waals surface area contributed by atoms with Crippen molar-refractivity contribution in [3.63, 3.8) is 0 Å². The van der Waals surface area contributed by atoms with Gasteiger partial charge >= 0.3 is 0 Å². The van der Waals surface area contributed by atoms with Crippen molar-refractivity contribution in [1.82, 2.24) is 0 Å². The second kappa shape index (κ2) is 6.21. The highest BCUT2D eigenvalue weighted by Gasteiger charge is 2.05. The fraction of sp³-hybridized carbons (Fsp3) is 0.235. The van der Waals surface area contributed by atoms with Crippen molar-refractivity contribution in [1.29, 1.82) is 5.26 Å². The minimum Gasteiger partial charge on any atom is -0.381 e. The number of rotatable bonds is 4. The fourth-order valence-corrected chi connectivity index (χ4v) is 2.02. The predicted octanol–water partition coefficient (Wildman–Crippen LogP) is 4.43. The summed E-state index contributed by atoms with van der Waals surface area (Å²) in [6, 6.07) is 14.4. The van der Waals surface area contributed by atoms with Gasteiger partial charge in [0.1, 0.15) is 5.82 Å². The molecule has 2 aromatic rings. The third-order valence-electron chi connectivity index (χ3n) is 3.22. The first-order chi connectivity index (χ1) is 9.60. The lowest BCUT2D eigenvalue weighted by molar-refractivity contribution is 0.625. The van der Waals surface area contributed by atoms with Crippen molar-refractivity contribution in [3.05, 3.63) is 65.0 Å². The quantitative estimate of drug-likeness (QED) is 0.890. The largest absolute Gasteiger partial charge is 0.381 e.